The number of rotatable bonds is 4. The molecule has 1 atom stereocenters. The molecule has 1 unspecified atom stereocenters. The number of methoxy groups -OCH3 is 1. The number of carbonyl (C=O) groups is 1. The van der Waals surface area contributed by atoms with Gasteiger partial charge in [0, 0.05) is 0 Å². The molecular weight excluding hydrogens is 198 g/mol. The molecule has 0 spiro atoms. The molecule has 0 aromatic heterocycles. The molecule has 3 nitrogen and oxygen atoms in total. The van der Waals surface area contributed by atoms with E-state index < -0.39 is 0 Å². The van der Waals surface area contributed by atoms with Crippen LogP contribution < -0.4 is 5.32 Å². The number of nitrogens with one attached hydrogen (secondary N) is 1. The third-order valence-corrected chi connectivity index (χ3v) is 3.66. The van der Waals surface area contributed by atoms with Gasteiger partial charge in [0.2, 0.25) is 0 Å². The third kappa shape index (κ3) is 3.88. The second-order valence-electron chi connectivity index (χ2n) is 3.71. The van der Waals surface area contributed by atoms with Gasteiger partial charge in [-0.2, -0.15) is 11.8 Å². The Morgan fingerprint density at radius 3 is 2.79 bits per heavy atom. The van der Waals surface area contributed by atoms with Crippen LogP contribution in [-0.2, 0) is 9.53 Å². The summed E-state index contributed by atoms with van der Waals surface area (Å²) in [4.78, 5) is 11.1. The zero-order valence-electron chi connectivity index (χ0n) is 8.91. The number of hydrogen-bond acceptors (Lipinski definition) is 4. The molecular formula is C10H19NO2S. The highest BCUT2D eigenvalue weighted by Crippen LogP contribution is 2.21. The van der Waals surface area contributed by atoms with E-state index in [0.717, 1.165) is 12.5 Å². The summed E-state index contributed by atoms with van der Waals surface area (Å²) < 4.78 is 4.65. The smallest absolute Gasteiger partial charge is 0.322 e. The minimum absolute atomic E-state index is 0.171. The molecule has 14 heavy (non-hydrogen) atoms. The van der Waals surface area contributed by atoms with Gasteiger partial charge >= 0.3 is 5.97 Å². The first-order valence-electron chi connectivity index (χ1n) is 5.13. The predicted molar refractivity (Wildman–Crippen MR) is 59.5 cm³/mol. The van der Waals surface area contributed by atoms with E-state index in [1.54, 1.807) is 0 Å². The Labute approximate surface area is 90.0 Å². The second-order valence-corrected chi connectivity index (χ2v) is 4.93. The van der Waals surface area contributed by atoms with E-state index in [4.69, 9.17) is 0 Å². The lowest BCUT2D eigenvalue weighted by atomic mass is 10.0. The predicted octanol–water partition coefficient (Wildman–Crippen LogP) is 1.28. The van der Waals surface area contributed by atoms with Crippen LogP contribution in [-0.4, -0.2) is 37.2 Å². The van der Waals surface area contributed by atoms with Crippen LogP contribution in [0.3, 0.4) is 0 Å². The molecule has 1 aliphatic rings. The van der Waals surface area contributed by atoms with E-state index in [1.807, 2.05) is 18.7 Å². The largest absolute Gasteiger partial charge is 0.468 e. The van der Waals surface area contributed by atoms with Crippen molar-refractivity contribution in [1.82, 2.24) is 5.32 Å². The minimum Gasteiger partial charge on any atom is -0.468 e. The van der Waals surface area contributed by atoms with Gasteiger partial charge in [0.05, 0.1) is 7.11 Å². The Hall–Kier alpha value is -0.220. The maximum Gasteiger partial charge on any atom is 0.322 e. The molecule has 1 N–H and O–H groups in total. The fraction of sp³-hybridized carbons (Fsp3) is 0.900. The number of hydrogen-bond donors (Lipinski definition) is 1. The second kappa shape index (κ2) is 6.30. The zero-order chi connectivity index (χ0) is 10.4. The van der Waals surface area contributed by atoms with Crippen molar-refractivity contribution in [3.8, 4) is 0 Å². The lowest BCUT2D eigenvalue weighted by Crippen LogP contribution is -2.38. The fourth-order valence-electron chi connectivity index (χ4n) is 1.55. The molecule has 0 aromatic carbocycles. The molecule has 0 aliphatic carbocycles. The highest BCUT2D eigenvalue weighted by atomic mass is 32.2. The van der Waals surface area contributed by atoms with Crippen molar-refractivity contribution in [2.75, 3.05) is 25.2 Å². The van der Waals surface area contributed by atoms with Gasteiger partial charge in [0.1, 0.15) is 6.04 Å². The normalized spacial score (nSPS) is 20.4. The van der Waals surface area contributed by atoms with Crippen LogP contribution in [0.2, 0.25) is 0 Å². The molecule has 0 saturated carbocycles. The topological polar surface area (TPSA) is 38.3 Å². The van der Waals surface area contributed by atoms with Crippen molar-refractivity contribution >= 4 is 17.7 Å². The molecule has 82 valence electrons. The average molecular weight is 217 g/mol. The van der Waals surface area contributed by atoms with Gasteiger partial charge in [-0.1, -0.05) is 0 Å². The van der Waals surface area contributed by atoms with Gasteiger partial charge in [0.25, 0.3) is 0 Å². The van der Waals surface area contributed by atoms with E-state index in [9.17, 15) is 4.79 Å². The highest BCUT2D eigenvalue weighted by Gasteiger charge is 2.17. The number of thioether (sulfide) groups is 1. The maximum atomic E-state index is 11.1. The summed E-state index contributed by atoms with van der Waals surface area (Å²) in [6.45, 7) is 2.79. The molecule has 4 heteroatoms. The van der Waals surface area contributed by atoms with Gasteiger partial charge in [-0.05, 0) is 43.7 Å². The van der Waals surface area contributed by atoms with E-state index in [-0.39, 0.29) is 12.0 Å². The lowest BCUT2D eigenvalue weighted by Gasteiger charge is -2.23. The summed E-state index contributed by atoms with van der Waals surface area (Å²) in [5.74, 6) is 3.09. The van der Waals surface area contributed by atoms with Crippen molar-refractivity contribution in [2.45, 2.75) is 25.8 Å². The fourth-order valence-corrected chi connectivity index (χ4v) is 2.76. The number of ether oxygens (including phenoxy) is 1. The SMILES string of the molecule is COC(=O)C(C)NCC1CCSCC1. The molecule has 0 radical (unpaired) electrons. The first-order chi connectivity index (χ1) is 6.74. The summed E-state index contributed by atoms with van der Waals surface area (Å²) in [5.41, 5.74) is 0. The molecule has 0 amide bonds. The van der Waals surface area contributed by atoms with Gasteiger partial charge in [-0.3, -0.25) is 4.79 Å². The molecule has 1 rings (SSSR count). The van der Waals surface area contributed by atoms with Gasteiger partial charge in [-0.25, -0.2) is 0 Å². The van der Waals surface area contributed by atoms with E-state index in [0.29, 0.717) is 0 Å². The quantitative estimate of drug-likeness (QED) is 0.720. The average Bonchev–Trinajstić information content (AvgIpc) is 2.26. The molecule has 1 aliphatic heterocycles. The van der Waals surface area contributed by atoms with Crippen LogP contribution in [0.4, 0.5) is 0 Å². The maximum absolute atomic E-state index is 11.1. The first kappa shape index (κ1) is 11.9. The highest BCUT2D eigenvalue weighted by molar-refractivity contribution is 7.99. The molecule has 1 fully saturated rings. The third-order valence-electron chi connectivity index (χ3n) is 2.61. The lowest BCUT2D eigenvalue weighted by molar-refractivity contribution is -0.142. The summed E-state index contributed by atoms with van der Waals surface area (Å²) in [6.07, 6.45) is 2.54. The van der Waals surface area contributed by atoms with Crippen molar-refractivity contribution in [1.29, 1.82) is 0 Å². The molecule has 1 heterocycles. The Bertz CT molecular complexity index is 181. The number of esters is 1. The summed E-state index contributed by atoms with van der Waals surface area (Å²) in [6, 6.07) is -0.172. The van der Waals surface area contributed by atoms with E-state index in [1.165, 1.54) is 31.5 Å². The minimum atomic E-state index is -0.172. The Balaban J connectivity index is 2.15. The van der Waals surface area contributed by atoms with Crippen LogP contribution in [0.5, 0.6) is 0 Å². The van der Waals surface area contributed by atoms with Crippen LogP contribution in [0.25, 0.3) is 0 Å². The first-order valence-corrected chi connectivity index (χ1v) is 6.28. The Morgan fingerprint density at radius 1 is 1.57 bits per heavy atom. The molecule has 0 aromatic rings. The van der Waals surface area contributed by atoms with Crippen molar-refractivity contribution in [2.24, 2.45) is 5.92 Å². The standard InChI is InChI=1S/C10H19NO2S/c1-8(10(12)13-2)11-7-9-3-5-14-6-4-9/h8-9,11H,3-7H2,1-2H3. The van der Waals surface area contributed by atoms with Crippen molar-refractivity contribution in [3.63, 3.8) is 0 Å². The Kier molecular flexibility index (Phi) is 5.33. The van der Waals surface area contributed by atoms with Gasteiger partial charge in [-0.15, -0.1) is 0 Å². The van der Waals surface area contributed by atoms with Gasteiger partial charge in [0.15, 0.2) is 0 Å². The van der Waals surface area contributed by atoms with E-state index >= 15 is 0 Å². The van der Waals surface area contributed by atoms with Gasteiger partial charge < -0.3 is 10.1 Å². The molecule has 1 saturated heterocycles. The summed E-state index contributed by atoms with van der Waals surface area (Å²) in [7, 11) is 1.43. The van der Waals surface area contributed by atoms with Crippen LogP contribution in [0.1, 0.15) is 19.8 Å². The van der Waals surface area contributed by atoms with Crippen LogP contribution in [0.15, 0.2) is 0 Å². The Morgan fingerprint density at radius 2 is 2.21 bits per heavy atom. The monoisotopic (exact) mass is 217 g/mol. The molecule has 0 bridgehead atoms. The summed E-state index contributed by atoms with van der Waals surface area (Å²) in [5, 5.41) is 3.22. The van der Waals surface area contributed by atoms with E-state index in [2.05, 4.69) is 10.1 Å². The zero-order valence-corrected chi connectivity index (χ0v) is 9.73. The van der Waals surface area contributed by atoms with Crippen molar-refractivity contribution < 1.29 is 9.53 Å². The summed E-state index contributed by atoms with van der Waals surface area (Å²) >= 11 is 2.02. The number of carbonyl (C=O) groups excluding carboxylic acids is 1. The van der Waals surface area contributed by atoms with Crippen LogP contribution >= 0.6 is 11.8 Å². The van der Waals surface area contributed by atoms with Crippen LogP contribution in [0, 0.1) is 5.92 Å². The van der Waals surface area contributed by atoms with Crippen molar-refractivity contribution in [3.05, 3.63) is 0 Å².